The first-order chi connectivity index (χ1) is 13.0. The summed E-state index contributed by atoms with van der Waals surface area (Å²) in [6.07, 6.45) is 8.41. The molecular formula is C19H20ClN5O2. The highest BCUT2D eigenvalue weighted by Gasteiger charge is 2.29. The molecule has 0 fully saturated rings. The van der Waals surface area contributed by atoms with Crippen LogP contribution >= 0.6 is 11.6 Å². The minimum absolute atomic E-state index is 0.210. The average Bonchev–Trinajstić information content (AvgIpc) is 3.12. The van der Waals surface area contributed by atoms with Crippen molar-refractivity contribution in [1.82, 2.24) is 24.8 Å². The van der Waals surface area contributed by atoms with Crippen molar-refractivity contribution >= 4 is 17.5 Å². The van der Waals surface area contributed by atoms with Crippen molar-refractivity contribution in [3.63, 3.8) is 0 Å². The van der Waals surface area contributed by atoms with Gasteiger partial charge >= 0.3 is 0 Å². The molecule has 0 aliphatic carbocycles. The number of nitrogens with zero attached hydrogens (tertiary/aromatic N) is 4. The topological polar surface area (TPSA) is 81.9 Å². The van der Waals surface area contributed by atoms with Gasteiger partial charge < -0.3 is 14.6 Å². The Balaban J connectivity index is 1.56. The summed E-state index contributed by atoms with van der Waals surface area (Å²) >= 11 is 5.87. The Morgan fingerprint density at radius 3 is 2.67 bits per heavy atom. The van der Waals surface area contributed by atoms with E-state index in [1.807, 2.05) is 10.8 Å². The van der Waals surface area contributed by atoms with Gasteiger partial charge in [-0.1, -0.05) is 11.6 Å². The van der Waals surface area contributed by atoms with Crippen LogP contribution in [0.1, 0.15) is 13.8 Å². The summed E-state index contributed by atoms with van der Waals surface area (Å²) in [5.41, 5.74) is -0.337. The molecule has 0 aliphatic rings. The third kappa shape index (κ3) is 4.83. The number of hydrogen-bond donors (Lipinski definition) is 1. The van der Waals surface area contributed by atoms with Crippen LogP contribution in [0, 0.1) is 0 Å². The van der Waals surface area contributed by atoms with Crippen molar-refractivity contribution in [1.29, 1.82) is 0 Å². The first-order valence-corrected chi connectivity index (χ1v) is 8.84. The quantitative estimate of drug-likeness (QED) is 0.676. The van der Waals surface area contributed by atoms with Gasteiger partial charge in [0.15, 0.2) is 11.4 Å². The van der Waals surface area contributed by atoms with Crippen LogP contribution in [0.15, 0.2) is 55.2 Å². The van der Waals surface area contributed by atoms with Gasteiger partial charge in [0.25, 0.3) is 5.91 Å². The van der Waals surface area contributed by atoms with Crippen molar-refractivity contribution in [2.24, 2.45) is 0 Å². The largest absolute Gasteiger partial charge is 0.478 e. The van der Waals surface area contributed by atoms with Crippen LogP contribution in [0.2, 0.25) is 5.02 Å². The summed E-state index contributed by atoms with van der Waals surface area (Å²) < 4.78 is 7.71. The Bertz CT molecular complexity index is 894. The standard InChI is InChI=1S/C19H20ClN5O2/c1-19(2,27-15-5-3-14(20)4-6-15)18(26)24-10-12-25-11-9-23-17(25)16-13-21-7-8-22-16/h3-9,11,13H,10,12H2,1-2H3,(H,24,26). The van der Waals surface area contributed by atoms with Gasteiger partial charge in [0.1, 0.15) is 11.4 Å². The molecule has 140 valence electrons. The number of ether oxygens (including phenoxy) is 1. The minimum Gasteiger partial charge on any atom is -0.478 e. The van der Waals surface area contributed by atoms with Gasteiger partial charge in [0.2, 0.25) is 0 Å². The zero-order chi connectivity index (χ0) is 19.3. The molecular weight excluding hydrogens is 366 g/mol. The number of rotatable bonds is 7. The van der Waals surface area contributed by atoms with Gasteiger partial charge in [-0.2, -0.15) is 0 Å². The van der Waals surface area contributed by atoms with Crippen LogP contribution in [0.5, 0.6) is 5.75 Å². The van der Waals surface area contributed by atoms with E-state index in [-0.39, 0.29) is 5.91 Å². The van der Waals surface area contributed by atoms with Gasteiger partial charge in [0.05, 0.1) is 6.20 Å². The molecule has 3 aromatic rings. The maximum atomic E-state index is 12.5. The van der Waals surface area contributed by atoms with Crippen molar-refractivity contribution in [3.05, 3.63) is 60.3 Å². The van der Waals surface area contributed by atoms with E-state index in [0.717, 1.165) is 0 Å². The van der Waals surface area contributed by atoms with E-state index in [1.165, 1.54) is 0 Å². The molecule has 8 heteroatoms. The summed E-state index contributed by atoms with van der Waals surface area (Å²) in [4.78, 5) is 25.1. The molecule has 2 heterocycles. The lowest BCUT2D eigenvalue weighted by Crippen LogP contribution is -2.47. The zero-order valence-electron chi connectivity index (χ0n) is 15.1. The maximum Gasteiger partial charge on any atom is 0.263 e. The molecule has 0 bridgehead atoms. The molecule has 0 radical (unpaired) electrons. The Morgan fingerprint density at radius 1 is 1.19 bits per heavy atom. The third-order valence-corrected chi connectivity index (χ3v) is 4.13. The number of hydrogen-bond acceptors (Lipinski definition) is 5. The highest BCUT2D eigenvalue weighted by Crippen LogP contribution is 2.21. The van der Waals surface area contributed by atoms with Crippen LogP contribution in [-0.2, 0) is 11.3 Å². The van der Waals surface area contributed by atoms with Crippen LogP contribution in [-0.4, -0.2) is 37.6 Å². The molecule has 1 amide bonds. The number of aromatic nitrogens is 4. The number of benzene rings is 1. The fraction of sp³-hybridized carbons (Fsp3) is 0.263. The number of halogens is 1. The highest BCUT2D eigenvalue weighted by atomic mass is 35.5. The predicted octanol–water partition coefficient (Wildman–Crippen LogP) is 2.97. The smallest absolute Gasteiger partial charge is 0.263 e. The van der Waals surface area contributed by atoms with Gasteiger partial charge in [-0.3, -0.25) is 9.78 Å². The van der Waals surface area contributed by atoms with Gasteiger partial charge in [-0.05, 0) is 38.1 Å². The molecule has 0 unspecified atom stereocenters. The molecule has 0 spiro atoms. The molecule has 0 saturated carbocycles. The van der Waals surface area contributed by atoms with Crippen LogP contribution in [0.3, 0.4) is 0 Å². The van der Waals surface area contributed by atoms with Gasteiger partial charge in [-0.15, -0.1) is 0 Å². The molecule has 1 aromatic carbocycles. The fourth-order valence-corrected chi connectivity index (χ4v) is 2.61. The second-order valence-electron chi connectivity index (χ2n) is 6.36. The summed E-state index contributed by atoms with van der Waals surface area (Å²) in [7, 11) is 0. The number of imidazole rings is 1. The lowest BCUT2D eigenvalue weighted by atomic mass is 10.1. The maximum absolute atomic E-state index is 12.5. The molecule has 0 atom stereocenters. The minimum atomic E-state index is -1.02. The van der Waals surface area contributed by atoms with E-state index in [2.05, 4.69) is 20.3 Å². The SMILES string of the molecule is CC(C)(Oc1ccc(Cl)cc1)C(=O)NCCn1ccnc1-c1cnccn1. The average molecular weight is 386 g/mol. The first kappa shape index (κ1) is 18.8. The van der Waals surface area contributed by atoms with Crippen molar-refractivity contribution in [3.8, 4) is 17.3 Å². The van der Waals surface area contributed by atoms with Crippen LogP contribution < -0.4 is 10.1 Å². The van der Waals surface area contributed by atoms with Crippen molar-refractivity contribution in [2.45, 2.75) is 26.0 Å². The van der Waals surface area contributed by atoms with Gasteiger partial charge in [-0.25, -0.2) is 9.97 Å². The fourth-order valence-electron chi connectivity index (χ4n) is 2.48. The van der Waals surface area contributed by atoms with E-state index in [9.17, 15) is 4.79 Å². The molecule has 7 nitrogen and oxygen atoms in total. The molecule has 27 heavy (non-hydrogen) atoms. The van der Waals surface area contributed by atoms with E-state index >= 15 is 0 Å². The molecule has 0 aliphatic heterocycles. The van der Waals surface area contributed by atoms with Crippen LogP contribution in [0.25, 0.3) is 11.5 Å². The van der Waals surface area contributed by atoms with Crippen molar-refractivity contribution in [2.75, 3.05) is 6.54 Å². The summed E-state index contributed by atoms with van der Waals surface area (Å²) in [5.74, 6) is 1.08. The normalized spacial score (nSPS) is 11.2. The Kier molecular flexibility index (Phi) is 5.71. The van der Waals surface area contributed by atoms with E-state index in [0.29, 0.717) is 35.4 Å². The number of amides is 1. The monoisotopic (exact) mass is 385 g/mol. The predicted molar refractivity (Wildman–Crippen MR) is 102 cm³/mol. The lowest BCUT2D eigenvalue weighted by molar-refractivity contribution is -0.134. The van der Waals surface area contributed by atoms with E-state index in [1.54, 1.807) is 62.9 Å². The highest BCUT2D eigenvalue weighted by molar-refractivity contribution is 6.30. The summed E-state index contributed by atoms with van der Waals surface area (Å²) in [5, 5.41) is 3.51. The Labute approximate surface area is 162 Å². The van der Waals surface area contributed by atoms with Gasteiger partial charge in [0, 0.05) is 42.9 Å². The summed E-state index contributed by atoms with van der Waals surface area (Å²) in [6.45, 7) is 4.42. The van der Waals surface area contributed by atoms with Crippen molar-refractivity contribution < 1.29 is 9.53 Å². The second kappa shape index (κ2) is 8.18. The molecule has 0 saturated heterocycles. The Morgan fingerprint density at radius 2 is 1.96 bits per heavy atom. The molecule has 2 aromatic heterocycles. The van der Waals surface area contributed by atoms with Crippen LogP contribution in [0.4, 0.5) is 0 Å². The van der Waals surface area contributed by atoms with E-state index in [4.69, 9.17) is 16.3 Å². The third-order valence-electron chi connectivity index (χ3n) is 3.88. The second-order valence-corrected chi connectivity index (χ2v) is 6.79. The molecule has 3 rings (SSSR count). The zero-order valence-corrected chi connectivity index (χ0v) is 15.8. The first-order valence-electron chi connectivity index (χ1n) is 8.46. The lowest BCUT2D eigenvalue weighted by Gasteiger charge is -2.25. The van der Waals surface area contributed by atoms with E-state index < -0.39 is 5.60 Å². The number of carbonyl (C=O) groups is 1. The molecule has 1 N–H and O–H groups in total. The Hall–Kier alpha value is -2.93. The number of nitrogens with one attached hydrogen (secondary N) is 1. The summed E-state index contributed by atoms with van der Waals surface area (Å²) in [6, 6.07) is 6.90. The number of carbonyl (C=O) groups excluding carboxylic acids is 1.